The molecule has 0 saturated heterocycles. The first-order valence-electron chi connectivity index (χ1n) is 3.67. The van der Waals surface area contributed by atoms with E-state index in [9.17, 15) is 0 Å². The molecule has 3 N–H and O–H groups in total. The van der Waals surface area contributed by atoms with E-state index in [0.717, 1.165) is 11.3 Å². The minimum Gasteiger partial charge on any atom is -0.382 e. The Bertz CT molecular complexity index is 424. The summed E-state index contributed by atoms with van der Waals surface area (Å²) in [5.74, 6) is 0.454. The van der Waals surface area contributed by atoms with Crippen LogP contribution in [0.2, 0.25) is 5.02 Å². The second-order valence-electron chi connectivity index (χ2n) is 2.60. The van der Waals surface area contributed by atoms with Crippen molar-refractivity contribution in [1.29, 1.82) is 0 Å². The second-order valence-corrected chi connectivity index (χ2v) is 3.03. The molecule has 0 radical (unpaired) electrons. The summed E-state index contributed by atoms with van der Waals surface area (Å²) in [5, 5.41) is 7.17. The van der Waals surface area contributed by atoms with E-state index in [4.69, 9.17) is 17.3 Å². The molecule has 0 atom stereocenters. The van der Waals surface area contributed by atoms with Crippen LogP contribution in [-0.4, -0.2) is 15.2 Å². The summed E-state index contributed by atoms with van der Waals surface area (Å²) in [6.45, 7) is 0. The summed E-state index contributed by atoms with van der Waals surface area (Å²) in [6, 6.07) is 3.52. The monoisotopic (exact) mass is 194 g/mol. The number of hydrogen-bond acceptors (Lipinski definition) is 3. The molecule has 66 valence electrons. The number of hydrogen-bond donors (Lipinski definition) is 2. The maximum Gasteiger partial charge on any atom is 0.145 e. The maximum atomic E-state index is 5.77. The lowest BCUT2D eigenvalue weighted by molar-refractivity contribution is 1.10. The highest BCUT2D eigenvalue weighted by molar-refractivity contribution is 6.30. The third-order valence-corrected chi connectivity index (χ3v) is 1.82. The smallest absolute Gasteiger partial charge is 0.145 e. The number of aromatic amines is 1. The van der Waals surface area contributed by atoms with Gasteiger partial charge in [-0.3, -0.25) is 10.1 Å². The zero-order valence-electron chi connectivity index (χ0n) is 6.66. The number of anilines is 1. The van der Waals surface area contributed by atoms with Gasteiger partial charge in [0.25, 0.3) is 0 Å². The van der Waals surface area contributed by atoms with Crippen molar-refractivity contribution in [2.24, 2.45) is 0 Å². The molecule has 0 aliphatic rings. The first-order chi connectivity index (χ1) is 6.25. The van der Waals surface area contributed by atoms with Crippen LogP contribution in [0.4, 0.5) is 5.82 Å². The van der Waals surface area contributed by atoms with E-state index < -0.39 is 0 Å². The molecule has 5 heteroatoms. The van der Waals surface area contributed by atoms with Gasteiger partial charge in [-0.15, -0.1) is 0 Å². The normalized spacial score (nSPS) is 10.2. The van der Waals surface area contributed by atoms with Crippen LogP contribution in [0, 0.1) is 0 Å². The quantitative estimate of drug-likeness (QED) is 0.726. The lowest BCUT2D eigenvalue weighted by Crippen LogP contribution is -1.81. The summed E-state index contributed by atoms with van der Waals surface area (Å²) in [6.07, 6.45) is 3.27. The molecule has 0 aliphatic heterocycles. The Balaban J connectivity index is 2.46. The number of H-pyrrole nitrogens is 1. The molecule has 4 nitrogen and oxygen atoms in total. The van der Waals surface area contributed by atoms with Crippen LogP contribution in [0.15, 0.2) is 24.5 Å². The highest BCUT2D eigenvalue weighted by Crippen LogP contribution is 2.20. The summed E-state index contributed by atoms with van der Waals surface area (Å²) in [5.41, 5.74) is 7.14. The van der Waals surface area contributed by atoms with Crippen LogP contribution in [0.5, 0.6) is 0 Å². The van der Waals surface area contributed by atoms with E-state index in [1.807, 2.05) is 0 Å². The number of nitrogens with zero attached hydrogens (tertiary/aromatic N) is 2. The highest BCUT2D eigenvalue weighted by Gasteiger charge is 2.01. The van der Waals surface area contributed by atoms with E-state index in [-0.39, 0.29) is 0 Å². The van der Waals surface area contributed by atoms with Gasteiger partial charge in [0.2, 0.25) is 0 Å². The van der Waals surface area contributed by atoms with Crippen LogP contribution in [-0.2, 0) is 0 Å². The number of rotatable bonds is 1. The molecule has 0 unspecified atom stereocenters. The van der Waals surface area contributed by atoms with Gasteiger partial charge in [0, 0.05) is 24.0 Å². The second kappa shape index (κ2) is 3.06. The summed E-state index contributed by atoms with van der Waals surface area (Å²) in [4.78, 5) is 3.95. The minimum atomic E-state index is 0.454. The Morgan fingerprint density at radius 2 is 2.15 bits per heavy atom. The Morgan fingerprint density at radius 1 is 1.31 bits per heavy atom. The predicted octanol–water partition coefficient (Wildman–Crippen LogP) is 1.71. The molecule has 0 aliphatic carbocycles. The molecule has 0 amide bonds. The van der Waals surface area contributed by atoms with Gasteiger partial charge >= 0.3 is 0 Å². The number of nitrogens with one attached hydrogen (secondary N) is 1. The standard InChI is InChI=1S/C8H7ClN4/c9-6-1-5(3-11-4-6)7-2-8(10)13-12-7/h1-4H,(H3,10,12,13). The number of pyridine rings is 1. The van der Waals surface area contributed by atoms with Gasteiger partial charge in [-0.05, 0) is 6.07 Å². The van der Waals surface area contributed by atoms with Gasteiger partial charge < -0.3 is 5.73 Å². The van der Waals surface area contributed by atoms with Gasteiger partial charge in [0.1, 0.15) is 5.82 Å². The van der Waals surface area contributed by atoms with E-state index in [2.05, 4.69) is 15.2 Å². The fourth-order valence-corrected chi connectivity index (χ4v) is 1.22. The third kappa shape index (κ3) is 1.62. The number of halogens is 1. The Morgan fingerprint density at radius 3 is 2.77 bits per heavy atom. The zero-order valence-corrected chi connectivity index (χ0v) is 7.42. The summed E-state index contributed by atoms with van der Waals surface area (Å²) >= 11 is 5.77. The molecular formula is C8H7ClN4. The molecular weight excluding hydrogens is 188 g/mol. The molecule has 0 spiro atoms. The summed E-state index contributed by atoms with van der Waals surface area (Å²) < 4.78 is 0. The van der Waals surface area contributed by atoms with Crippen LogP contribution < -0.4 is 5.73 Å². The maximum absolute atomic E-state index is 5.77. The number of nitrogen functional groups attached to an aromatic ring is 1. The number of aromatic nitrogens is 3. The Kier molecular flexibility index (Phi) is 1.90. The molecule has 2 aromatic heterocycles. The van der Waals surface area contributed by atoms with E-state index in [1.54, 1.807) is 24.5 Å². The topological polar surface area (TPSA) is 67.6 Å². The van der Waals surface area contributed by atoms with Crippen LogP contribution in [0.25, 0.3) is 11.3 Å². The van der Waals surface area contributed by atoms with Crippen molar-refractivity contribution in [2.45, 2.75) is 0 Å². The van der Waals surface area contributed by atoms with E-state index >= 15 is 0 Å². The lowest BCUT2D eigenvalue weighted by Gasteiger charge is -1.95. The van der Waals surface area contributed by atoms with Gasteiger partial charge in [0.15, 0.2) is 0 Å². The fraction of sp³-hybridized carbons (Fsp3) is 0. The van der Waals surface area contributed by atoms with Crippen molar-refractivity contribution in [1.82, 2.24) is 15.2 Å². The summed E-state index contributed by atoms with van der Waals surface area (Å²) in [7, 11) is 0. The van der Waals surface area contributed by atoms with Crippen LogP contribution in [0.1, 0.15) is 0 Å². The molecule has 13 heavy (non-hydrogen) atoms. The largest absolute Gasteiger partial charge is 0.382 e. The Hall–Kier alpha value is -1.55. The molecule has 0 saturated carbocycles. The third-order valence-electron chi connectivity index (χ3n) is 1.61. The zero-order chi connectivity index (χ0) is 9.26. The van der Waals surface area contributed by atoms with E-state index in [1.165, 1.54) is 0 Å². The molecule has 2 heterocycles. The molecule has 2 rings (SSSR count). The van der Waals surface area contributed by atoms with Gasteiger partial charge in [0.05, 0.1) is 10.7 Å². The van der Waals surface area contributed by atoms with Crippen molar-refractivity contribution in [3.8, 4) is 11.3 Å². The van der Waals surface area contributed by atoms with Crippen molar-refractivity contribution < 1.29 is 0 Å². The first-order valence-corrected chi connectivity index (χ1v) is 4.05. The first kappa shape index (κ1) is 8.07. The minimum absolute atomic E-state index is 0.454. The average molecular weight is 195 g/mol. The lowest BCUT2D eigenvalue weighted by atomic mass is 10.2. The van der Waals surface area contributed by atoms with E-state index in [0.29, 0.717) is 10.8 Å². The fourth-order valence-electron chi connectivity index (χ4n) is 1.04. The number of nitrogens with two attached hydrogens (primary N) is 1. The van der Waals surface area contributed by atoms with Gasteiger partial charge in [-0.25, -0.2) is 0 Å². The molecule has 0 bridgehead atoms. The average Bonchev–Trinajstić information content (AvgIpc) is 2.52. The predicted molar refractivity (Wildman–Crippen MR) is 51.2 cm³/mol. The van der Waals surface area contributed by atoms with Crippen molar-refractivity contribution in [3.05, 3.63) is 29.5 Å². The van der Waals surface area contributed by atoms with Crippen molar-refractivity contribution >= 4 is 17.4 Å². The van der Waals surface area contributed by atoms with Crippen LogP contribution in [0.3, 0.4) is 0 Å². The van der Waals surface area contributed by atoms with Crippen molar-refractivity contribution in [2.75, 3.05) is 5.73 Å². The molecule has 2 aromatic rings. The van der Waals surface area contributed by atoms with Crippen LogP contribution >= 0.6 is 11.6 Å². The highest BCUT2D eigenvalue weighted by atomic mass is 35.5. The van der Waals surface area contributed by atoms with Gasteiger partial charge in [-0.1, -0.05) is 11.6 Å². The molecule has 0 fully saturated rings. The van der Waals surface area contributed by atoms with Crippen molar-refractivity contribution in [3.63, 3.8) is 0 Å². The van der Waals surface area contributed by atoms with Gasteiger partial charge in [-0.2, -0.15) is 5.10 Å². The Labute approximate surface area is 79.7 Å². The molecule has 0 aromatic carbocycles. The SMILES string of the molecule is Nc1cc(-c2cncc(Cl)c2)[nH]n1.